The Morgan fingerprint density at radius 3 is 2.13 bits per heavy atom. The minimum atomic E-state index is 0.656. The van der Waals surface area contributed by atoms with Gasteiger partial charge in [0.1, 0.15) is 0 Å². The second-order valence-electron chi connectivity index (χ2n) is 5.60. The number of hydrogen-bond donors (Lipinski definition) is 1. The molecular weight excluding hydrogens is 182 g/mol. The van der Waals surface area contributed by atoms with Gasteiger partial charge in [0.25, 0.3) is 0 Å². The van der Waals surface area contributed by atoms with Crippen molar-refractivity contribution < 1.29 is 5.73 Å². The molecule has 1 aliphatic rings. The summed E-state index contributed by atoms with van der Waals surface area (Å²) in [5, 5.41) is 0. The van der Waals surface area contributed by atoms with E-state index in [0.29, 0.717) is 6.04 Å². The molecule has 0 aliphatic heterocycles. The molecule has 0 heterocycles. The highest BCUT2D eigenvalue weighted by molar-refractivity contribution is 4.69. The number of rotatable bonds is 9. The van der Waals surface area contributed by atoms with Gasteiger partial charge in [-0.15, -0.1) is 0 Å². The molecule has 0 aromatic rings. The van der Waals surface area contributed by atoms with Crippen LogP contribution in [0.3, 0.4) is 0 Å². The Bertz CT molecular complexity index is 138. The predicted molar refractivity (Wildman–Crippen MR) is 66.6 cm³/mol. The zero-order chi connectivity index (χ0) is 10.9. The summed E-state index contributed by atoms with van der Waals surface area (Å²) in [5.74, 6) is 1.12. The molecule has 1 rings (SSSR count). The fourth-order valence-electron chi connectivity index (χ4n) is 2.41. The minimum Gasteiger partial charge on any atom is -0.355 e. The van der Waals surface area contributed by atoms with E-state index in [0.717, 1.165) is 5.92 Å². The molecule has 0 bridgehead atoms. The molecule has 90 valence electrons. The van der Waals surface area contributed by atoms with Crippen molar-refractivity contribution in [2.24, 2.45) is 5.92 Å². The zero-order valence-electron chi connectivity index (χ0n) is 10.6. The molecule has 1 fully saturated rings. The van der Waals surface area contributed by atoms with Gasteiger partial charge in [-0.2, -0.15) is 0 Å². The maximum Gasteiger partial charge on any atom is 0.0815 e. The average molecular weight is 212 g/mol. The van der Waals surface area contributed by atoms with Crippen molar-refractivity contribution in [1.82, 2.24) is 0 Å². The highest BCUT2D eigenvalue weighted by atomic mass is 14.6. The summed E-state index contributed by atoms with van der Waals surface area (Å²) in [6.45, 7) is 2.22. The van der Waals surface area contributed by atoms with E-state index in [2.05, 4.69) is 12.7 Å². The first-order valence-electron chi connectivity index (χ1n) is 7.12. The number of hydrogen-bond acceptors (Lipinski definition) is 0. The van der Waals surface area contributed by atoms with E-state index in [4.69, 9.17) is 0 Å². The van der Waals surface area contributed by atoms with Crippen LogP contribution in [-0.2, 0) is 0 Å². The summed E-state index contributed by atoms with van der Waals surface area (Å²) < 4.78 is 0. The van der Waals surface area contributed by atoms with Crippen molar-refractivity contribution >= 4 is 0 Å². The van der Waals surface area contributed by atoms with Crippen LogP contribution in [0, 0.1) is 5.92 Å². The highest BCUT2D eigenvalue weighted by Gasteiger charge is 2.15. The minimum absolute atomic E-state index is 0.656. The first kappa shape index (κ1) is 13.0. The second-order valence-corrected chi connectivity index (χ2v) is 5.60. The van der Waals surface area contributed by atoms with Crippen LogP contribution in [0.4, 0.5) is 0 Å². The number of unbranched alkanes of at least 4 members (excludes halogenated alkanes) is 5. The third kappa shape index (κ3) is 6.94. The molecular formula is C14H30N+. The number of quaternary nitrogens is 1. The topological polar surface area (TPSA) is 27.6 Å². The van der Waals surface area contributed by atoms with Crippen molar-refractivity contribution in [2.75, 3.05) is 0 Å². The van der Waals surface area contributed by atoms with Gasteiger partial charge in [0.2, 0.25) is 0 Å². The standard InChI is InChI=1S/C14H29N/c1-13(15)9-6-4-2-3-5-7-10-14-11-8-12-14/h13-14H,2-12,15H2,1H3/p+1. The van der Waals surface area contributed by atoms with Crippen LogP contribution in [0.15, 0.2) is 0 Å². The molecule has 15 heavy (non-hydrogen) atoms. The first-order chi connectivity index (χ1) is 7.29. The van der Waals surface area contributed by atoms with E-state index in [1.807, 2.05) is 0 Å². The van der Waals surface area contributed by atoms with Gasteiger partial charge in [-0.1, -0.05) is 57.8 Å². The molecule has 3 N–H and O–H groups in total. The maximum absolute atomic E-state index is 4.02. The molecule has 0 radical (unpaired) electrons. The van der Waals surface area contributed by atoms with Crippen molar-refractivity contribution in [3.8, 4) is 0 Å². The SMILES string of the molecule is CC([NH3+])CCCCCCCCC1CCC1. The quantitative estimate of drug-likeness (QED) is 0.566. The Hall–Kier alpha value is -0.0400. The summed E-state index contributed by atoms with van der Waals surface area (Å²) >= 11 is 0. The van der Waals surface area contributed by atoms with E-state index in [1.54, 1.807) is 0 Å². The molecule has 0 aromatic heterocycles. The Balaban J connectivity index is 1.69. The lowest BCUT2D eigenvalue weighted by Gasteiger charge is -2.24. The second kappa shape index (κ2) is 8.15. The largest absolute Gasteiger partial charge is 0.355 e. The zero-order valence-corrected chi connectivity index (χ0v) is 10.6. The molecule has 0 saturated heterocycles. The predicted octanol–water partition coefficient (Wildman–Crippen LogP) is 3.54. The van der Waals surface area contributed by atoms with Crippen molar-refractivity contribution in [3.05, 3.63) is 0 Å². The summed E-state index contributed by atoms with van der Waals surface area (Å²) in [6.07, 6.45) is 16.1. The lowest BCUT2D eigenvalue weighted by atomic mass is 9.81. The van der Waals surface area contributed by atoms with Crippen molar-refractivity contribution in [2.45, 2.75) is 83.6 Å². The van der Waals surface area contributed by atoms with Gasteiger partial charge in [-0.05, 0) is 25.7 Å². The lowest BCUT2D eigenvalue weighted by molar-refractivity contribution is -0.415. The van der Waals surface area contributed by atoms with Crippen LogP contribution >= 0.6 is 0 Å². The third-order valence-electron chi connectivity index (χ3n) is 3.78. The van der Waals surface area contributed by atoms with Crippen LogP contribution in [-0.4, -0.2) is 6.04 Å². The maximum atomic E-state index is 4.02. The van der Waals surface area contributed by atoms with Gasteiger partial charge in [-0.25, -0.2) is 0 Å². The molecule has 1 saturated carbocycles. The molecule has 0 spiro atoms. The van der Waals surface area contributed by atoms with E-state index in [-0.39, 0.29) is 0 Å². The molecule has 1 nitrogen and oxygen atoms in total. The summed E-state index contributed by atoms with van der Waals surface area (Å²) in [7, 11) is 0. The summed E-state index contributed by atoms with van der Waals surface area (Å²) in [5.41, 5.74) is 4.02. The van der Waals surface area contributed by atoms with Gasteiger partial charge in [0.15, 0.2) is 0 Å². The van der Waals surface area contributed by atoms with Gasteiger partial charge >= 0.3 is 0 Å². The molecule has 1 heteroatoms. The molecule has 1 unspecified atom stereocenters. The van der Waals surface area contributed by atoms with Gasteiger partial charge in [0.05, 0.1) is 6.04 Å². The monoisotopic (exact) mass is 212 g/mol. The summed E-state index contributed by atoms with van der Waals surface area (Å²) in [6, 6.07) is 0.656. The van der Waals surface area contributed by atoms with Crippen LogP contribution < -0.4 is 5.73 Å². The Kier molecular flexibility index (Phi) is 7.08. The fourth-order valence-corrected chi connectivity index (χ4v) is 2.41. The first-order valence-corrected chi connectivity index (χ1v) is 7.12. The van der Waals surface area contributed by atoms with Gasteiger partial charge in [0, 0.05) is 0 Å². The van der Waals surface area contributed by atoms with E-state index in [9.17, 15) is 0 Å². The normalized spacial score (nSPS) is 18.8. The molecule has 0 aromatic carbocycles. The highest BCUT2D eigenvalue weighted by Crippen LogP contribution is 2.31. The smallest absolute Gasteiger partial charge is 0.0815 e. The average Bonchev–Trinajstić information content (AvgIpc) is 2.12. The third-order valence-corrected chi connectivity index (χ3v) is 3.78. The lowest BCUT2D eigenvalue weighted by Crippen LogP contribution is -2.58. The van der Waals surface area contributed by atoms with Crippen LogP contribution in [0.1, 0.15) is 77.6 Å². The molecule has 1 atom stereocenters. The van der Waals surface area contributed by atoms with Crippen LogP contribution in [0.25, 0.3) is 0 Å². The Morgan fingerprint density at radius 1 is 1.00 bits per heavy atom. The molecule has 0 amide bonds. The van der Waals surface area contributed by atoms with E-state index in [1.165, 1.54) is 70.6 Å². The van der Waals surface area contributed by atoms with Crippen LogP contribution in [0.5, 0.6) is 0 Å². The van der Waals surface area contributed by atoms with Crippen molar-refractivity contribution in [1.29, 1.82) is 0 Å². The Morgan fingerprint density at radius 2 is 1.60 bits per heavy atom. The molecule has 1 aliphatic carbocycles. The fraction of sp³-hybridized carbons (Fsp3) is 1.00. The van der Waals surface area contributed by atoms with E-state index < -0.39 is 0 Å². The van der Waals surface area contributed by atoms with Crippen LogP contribution in [0.2, 0.25) is 0 Å². The summed E-state index contributed by atoms with van der Waals surface area (Å²) in [4.78, 5) is 0. The Labute approximate surface area is 95.8 Å². The van der Waals surface area contributed by atoms with E-state index >= 15 is 0 Å². The van der Waals surface area contributed by atoms with Crippen molar-refractivity contribution in [3.63, 3.8) is 0 Å². The van der Waals surface area contributed by atoms with Gasteiger partial charge < -0.3 is 5.73 Å². The van der Waals surface area contributed by atoms with Gasteiger partial charge in [-0.3, -0.25) is 0 Å².